The first-order valence-electron chi connectivity index (χ1n) is 9.45. The van der Waals surface area contributed by atoms with Crippen molar-refractivity contribution in [2.24, 2.45) is 0 Å². The van der Waals surface area contributed by atoms with Crippen molar-refractivity contribution in [1.82, 2.24) is 15.1 Å². The average molecular weight is 357 g/mol. The molecule has 140 valence electrons. The summed E-state index contributed by atoms with van der Waals surface area (Å²) in [5, 5.41) is 2.82. The lowest BCUT2D eigenvalue weighted by atomic mass is 9.87. The standard InChI is InChI=1S/C20H27N3O3/c1-3-20(15-10-6-4-7-11-15)18(25)23(19(26)21-20)14-17(24)22(2)16-12-8-5-9-13-16/h4,6-7,10-11,16H,3,5,8-9,12-14H2,1-2H3,(H,21,26). The Kier molecular flexibility index (Phi) is 5.30. The molecule has 0 radical (unpaired) electrons. The summed E-state index contributed by atoms with van der Waals surface area (Å²) in [4.78, 5) is 41.0. The van der Waals surface area contributed by atoms with Crippen molar-refractivity contribution >= 4 is 17.8 Å². The number of carbonyl (C=O) groups excluding carboxylic acids is 3. The van der Waals surface area contributed by atoms with Crippen LogP contribution in [0.5, 0.6) is 0 Å². The Bertz CT molecular complexity index is 685. The van der Waals surface area contributed by atoms with Crippen LogP contribution in [0.15, 0.2) is 30.3 Å². The summed E-state index contributed by atoms with van der Waals surface area (Å²) < 4.78 is 0. The van der Waals surface area contributed by atoms with E-state index in [9.17, 15) is 14.4 Å². The highest BCUT2D eigenvalue weighted by Gasteiger charge is 2.51. The zero-order valence-corrected chi connectivity index (χ0v) is 15.5. The molecule has 2 fully saturated rings. The number of nitrogens with zero attached hydrogens (tertiary/aromatic N) is 2. The number of rotatable bonds is 5. The average Bonchev–Trinajstić information content (AvgIpc) is 2.93. The fourth-order valence-electron chi connectivity index (χ4n) is 4.05. The van der Waals surface area contributed by atoms with Crippen molar-refractivity contribution in [2.75, 3.05) is 13.6 Å². The Morgan fingerprint density at radius 1 is 1.19 bits per heavy atom. The Balaban J connectivity index is 1.75. The largest absolute Gasteiger partial charge is 0.341 e. The summed E-state index contributed by atoms with van der Waals surface area (Å²) in [6, 6.07) is 8.94. The van der Waals surface area contributed by atoms with Crippen LogP contribution in [0.2, 0.25) is 0 Å². The van der Waals surface area contributed by atoms with Crippen LogP contribution in [0, 0.1) is 0 Å². The van der Waals surface area contributed by atoms with Gasteiger partial charge in [0.2, 0.25) is 5.91 Å². The quantitative estimate of drug-likeness (QED) is 0.824. The molecule has 0 spiro atoms. The topological polar surface area (TPSA) is 69.7 Å². The smallest absolute Gasteiger partial charge is 0.325 e. The predicted octanol–water partition coefficient (Wildman–Crippen LogP) is 2.63. The van der Waals surface area contributed by atoms with E-state index in [2.05, 4.69) is 5.32 Å². The van der Waals surface area contributed by atoms with E-state index >= 15 is 0 Å². The molecule has 2 aliphatic rings. The molecule has 1 aromatic rings. The third-order valence-electron chi connectivity index (χ3n) is 5.78. The van der Waals surface area contributed by atoms with Crippen LogP contribution in [-0.4, -0.2) is 47.3 Å². The first kappa shape index (κ1) is 18.4. The first-order chi connectivity index (χ1) is 12.5. The second-order valence-electron chi connectivity index (χ2n) is 7.24. The van der Waals surface area contributed by atoms with E-state index < -0.39 is 11.6 Å². The van der Waals surface area contributed by atoms with Gasteiger partial charge in [-0.25, -0.2) is 4.79 Å². The monoisotopic (exact) mass is 357 g/mol. The Morgan fingerprint density at radius 2 is 1.85 bits per heavy atom. The van der Waals surface area contributed by atoms with Crippen LogP contribution in [0.1, 0.15) is 51.0 Å². The van der Waals surface area contributed by atoms with Gasteiger partial charge < -0.3 is 10.2 Å². The minimum atomic E-state index is -1.08. The van der Waals surface area contributed by atoms with E-state index in [1.807, 2.05) is 37.3 Å². The van der Waals surface area contributed by atoms with Crippen molar-refractivity contribution < 1.29 is 14.4 Å². The molecule has 1 atom stereocenters. The maximum absolute atomic E-state index is 13.1. The van der Waals surface area contributed by atoms with Gasteiger partial charge in [-0.3, -0.25) is 14.5 Å². The van der Waals surface area contributed by atoms with Crippen molar-refractivity contribution in [3.05, 3.63) is 35.9 Å². The number of urea groups is 1. The van der Waals surface area contributed by atoms with E-state index in [1.165, 1.54) is 6.42 Å². The van der Waals surface area contributed by atoms with Crippen molar-refractivity contribution in [1.29, 1.82) is 0 Å². The molecule has 0 aromatic heterocycles. The summed E-state index contributed by atoms with van der Waals surface area (Å²) in [5.74, 6) is -0.526. The van der Waals surface area contributed by atoms with Crippen molar-refractivity contribution in [3.63, 3.8) is 0 Å². The second kappa shape index (κ2) is 7.48. The lowest BCUT2D eigenvalue weighted by Crippen LogP contribution is -2.47. The van der Waals surface area contributed by atoms with E-state index in [0.717, 1.165) is 36.1 Å². The summed E-state index contributed by atoms with van der Waals surface area (Å²) in [5.41, 5.74) is -0.335. The molecule has 26 heavy (non-hydrogen) atoms. The van der Waals surface area contributed by atoms with E-state index in [1.54, 1.807) is 11.9 Å². The zero-order valence-electron chi connectivity index (χ0n) is 15.5. The number of hydrogen-bond donors (Lipinski definition) is 1. The third kappa shape index (κ3) is 3.20. The van der Waals surface area contributed by atoms with Crippen LogP contribution in [-0.2, 0) is 15.1 Å². The van der Waals surface area contributed by atoms with Crippen LogP contribution in [0.25, 0.3) is 0 Å². The maximum atomic E-state index is 13.1. The highest BCUT2D eigenvalue weighted by Crippen LogP contribution is 2.32. The number of likely N-dealkylation sites (N-methyl/N-ethyl adjacent to an activating group) is 1. The van der Waals surface area contributed by atoms with Crippen LogP contribution >= 0.6 is 0 Å². The molecule has 1 saturated carbocycles. The van der Waals surface area contributed by atoms with Gasteiger partial charge in [0.1, 0.15) is 12.1 Å². The number of carbonyl (C=O) groups is 3. The SMILES string of the molecule is CCC1(c2ccccc2)NC(=O)N(CC(=O)N(C)C2CCCCC2)C1=O. The molecule has 6 heteroatoms. The molecule has 3 rings (SSSR count). The summed E-state index contributed by atoms with van der Waals surface area (Å²) >= 11 is 0. The number of hydrogen-bond acceptors (Lipinski definition) is 3. The number of benzene rings is 1. The number of amides is 4. The molecular weight excluding hydrogens is 330 g/mol. The third-order valence-corrected chi connectivity index (χ3v) is 5.78. The number of imide groups is 1. The van der Waals surface area contributed by atoms with Gasteiger partial charge in [-0.15, -0.1) is 0 Å². The van der Waals surface area contributed by atoms with Crippen LogP contribution in [0.4, 0.5) is 4.79 Å². The fraction of sp³-hybridized carbons (Fsp3) is 0.550. The molecule has 0 bridgehead atoms. The van der Waals surface area contributed by atoms with E-state index in [0.29, 0.717) is 6.42 Å². The highest BCUT2D eigenvalue weighted by molar-refractivity contribution is 6.09. The van der Waals surface area contributed by atoms with Gasteiger partial charge in [-0.05, 0) is 24.8 Å². The Morgan fingerprint density at radius 3 is 2.46 bits per heavy atom. The maximum Gasteiger partial charge on any atom is 0.325 e. The lowest BCUT2D eigenvalue weighted by molar-refractivity contribution is -0.140. The molecule has 1 aromatic carbocycles. The molecule has 1 saturated heterocycles. The van der Waals surface area contributed by atoms with Gasteiger partial charge >= 0.3 is 6.03 Å². The Labute approximate surface area is 154 Å². The highest BCUT2D eigenvalue weighted by atomic mass is 16.2. The fourth-order valence-corrected chi connectivity index (χ4v) is 4.05. The Hall–Kier alpha value is -2.37. The van der Waals surface area contributed by atoms with Crippen LogP contribution in [0.3, 0.4) is 0 Å². The van der Waals surface area contributed by atoms with Crippen LogP contribution < -0.4 is 5.32 Å². The summed E-state index contributed by atoms with van der Waals surface area (Å²) in [6.07, 6.45) is 5.87. The molecule has 1 aliphatic heterocycles. The van der Waals surface area contributed by atoms with Gasteiger partial charge in [-0.1, -0.05) is 56.5 Å². The van der Waals surface area contributed by atoms with Gasteiger partial charge in [0, 0.05) is 13.1 Å². The molecule has 4 amide bonds. The molecule has 1 heterocycles. The van der Waals surface area contributed by atoms with Gasteiger partial charge in [0.15, 0.2) is 0 Å². The minimum Gasteiger partial charge on any atom is -0.341 e. The molecule has 1 unspecified atom stereocenters. The summed E-state index contributed by atoms with van der Waals surface area (Å²) in [6.45, 7) is 1.66. The van der Waals surface area contributed by atoms with Crippen molar-refractivity contribution in [3.8, 4) is 0 Å². The second-order valence-corrected chi connectivity index (χ2v) is 7.24. The van der Waals surface area contributed by atoms with Crippen molar-refractivity contribution in [2.45, 2.75) is 57.0 Å². The molecular formula is C20H27N3O3. The first-order valence-corrected chi connectivity index (χ1v) is 9.45. The van der Waals surface area contributed by atoms with E-state index in [-0.39, 0.29) is 24.4 Å². The molecule has 1 aliphatic carbocycles. The summed E-state index contributed by atoms with van der Waals surface area (Å²) in [7, 11) is 1.78. The molecule has 6 nitrogen and oxygen atoms in total. The molecule has 1 N–H and O–H groups in total. The van der Waals surface area contributed by atoms with Gasteiger partial charge in [-0.2, -0.15) is 0 Å². The van der Waals surface area contributed by atoms with Gasteiger partial charge in [0.25, 0.3) is 5.91 Å². The minimum absolute atomic E-state index is 0.180. The predicted molar refractivity (Wildman–Crippen MR) is 98.3 cm³/mol. The van der Waals surface area contributed by atoms with Gasteiger partial charge in [0.05, 0.1) is 0 Å². The number of nitrogens with one attached hydrogen (secondary N) is 1. The van der Waals surface area contributed by atoms with E-state index in [4.69, 9.17) is 0 Å². The lowest BCUT2D eigenvalue weighted by Gasteiger charge is -2.32. The normalized spacial score (nSPS) is 23.8. The zero-order chi connectivity index (χ0) is 18.7.